The van der Waals surface area contributed by atoms with Crippen molar-refractivity contribution in [3.05, 3.63) is 47.3 Å². The van der Waals surface area contributed by atoms with Gasteiger partial charge in [-0.15, -0.1) is 0 Å². The van der Waals surface area contributed by atoms with Crippen molar-refractivity contribution in [3.8, 4) is 0 Å². The van der Waals surface area contributed by atoms with Gasteiger partial charge in [0.15, 0.2) is 5.65 Å². The van der Waals surface area contributed by atoms with E-state index in [0.29, 0.717) is 12.0 Å². The maximum atomic E-state index is 5.00. The number of aryl methyl sites for hydroxylation is 1. The van der Waals surface area contributed by atoms with E-state index in [1.54, 1.807) is 0 Å². The van der Waals surface area contributed by atoms with Gasteiger partial charge in [-0.1, -0.05) is 32.0 Å². The quantitative estimate of drug-likeness (QED) is 0.502. The fraction of sp³-hybridized carbons (Fsp3) is 0.480. The molecule has 0 saturated carbocycles. The number of fused-ring (bicyclic) bond motifs is 4. The van der Waals surface area contributed by atoms with E-state index < -0.39 is 0 Å². The molecule has 0 bridgehead atoms. The predicted molar refractivity (Wildman–Crippen MR) is 132 cm³/mol. The van der Waals surface area contributed by atoms with Crippen molar-refractivity contribution in [1.29, 1.82) is 0 Å². The van der Waals surface area contributed by atoms with Gasteiger partial charge in [-0.3, -0.25) is 0 Å². The van der Waals surface area contributed by atoms with Crippen LogP contribution in [0, 0.1) is 0 Å². The van der Waals surface area contributed by atoms with Gasteiger partial charge in [0.2, 0.25) is 11.9 Å². The van der Waals surface area contributed by atoms with Gasteiger partial charge in [0.1, 0.15) is 0 Å². The van der Waals surface area contributed by atoms with Crippen molar-refractivity contribution >= 4 is 28.4 Å². The van der Waals surface area contributed by atoms with Crippen LogP contribution in [0.2, 0.25) is 0 Å². The summed E-state index contributed by atoms with van der Waals surface area (Å²) in [4.78, 5) is 18.3. The molecule has 2 aliphatic rings. The summed E-state index contributed by atoms with van der Waals surface area (Å²) in [5, 5.41) is 9.78. The molecule has 4 aromatic rings. The Kier molecular flexibility index (Phi) is 4.98. The summed E-state index contributed by atoms with van der Waals surface area (Å²) in [6, 6.07) is 8.93. The minimum atomic E-state index is 0.307. The van der Waals surface area contributed by atoms with Crippen LogP contribution in [0.15, 0.2) is 30.5 Å². The second kappa shape index (κ2) is 8.02. The molecule has 172 valence electrons. The first kappa shape index (κ1) is 20.5. The fourth-order valence-corrected chi connectivity index (χ4v) is 5.21. The minimum Gasteiger partial charge on any atom is -0.358 e. The molecule has 1 saturated heterocycles. The highest BCUT2D eigenvalue weighted by Crippen LogP contribution is 2.31. The summed E-state index contributed by atoms with van der Waals surface area (Å²) in [5.41, 5.74) is 6.13. The van der Waals surface area contributed by atoms with Crippen molar-refractivity contribution in [2.45, 2.75) is 45.1 Å². The Bertz CT molecular complexity index is 1290. The molecular weight excluding hydrogens is 412 g/mol. The molecule has 1 aromatic carbocycles. The van der Waals surface area contributed by atoms with Crippen LogP contribution in [0.5, 0.6) is 0 Å². The highest BCUT2D eigenvalue weighted by Gasteiger charge is 2.26. The fourth-order valence-electron chi connectivity index (χ4n) is 5.21. The molecule has 8 heteroatoms. The smallest absolute Gasteiger partial charge is 0.230 e. The molecule has 4 heterocycles. The zero-order valence-corrected chi connectivity index (χ0v) is 19.7. The molecule has 6 rings (SSSR count). The van der Waals surface area contributed by atoms with E-state index in [0.717, 1.165) is 63.0 Å². The first-order valence-corrected chi connectivity index (χ1v) is 12.1. The number of anilines is 2. The van der Waals surface area contributed by atoms with E-state index >= 15 is 0 Å². The van der Waals surface area contributed by atoms with Gasteiger partial charge in [-0.2, -0.15) is 19.6 Å². The Labute approximate surface area is 194 Å². The van der Waals surface area contributed by atoms with Crippen LogP contribution >= 0.6 is 0 Å². The Morgan fingerprint density at radius 1 is 1.09 bits per heavy atom. The maximum Gasteiger partial charge on any atom is 0.230 e. The SMILES string of the molecule is CC(C)c1cnn2c(N[C@@H]3CCc4[nH]c5ccccc5c4C3)nc(N3CCN(C)CC3)nc12. The van der Waals surface area contributed by atoms with Gasteiger partial charge >= 0.3 is 0 Å². The zero-order valence-electron chi connectivity index (χ0n) is 19.7. The summed E-state index contributed by atoms with van der Waals surface area (Å²) >= 11 is 0. The third-order valence-corrected chi connectivity index (χ3v) is 7.22. The lowest BCUT2D eigenvalue weighted by Crippen LogP contribution is -2.45. The number of nitrogens with zero attached hydrogens (tertiary/aromatic N) is 6. The average Bonchev–Trinajstić information content (AvgIpc) is 3.41. The van der Waals surface area contributed by atoms with Gasteiger partial charge in [0.05, 0.1) is 6.20 Å². The number of likely N-dealkylation sites (N-methyl/N-ethyl adjacent to an activating group) is 1. The monoisotopic (exact) mass is 444 g/mol. The van der Waals surface area contributed by atoms with Crippen molar-refractivity contribution in [1.82, 2.24) is 29.5 Å². The van der Waals surface area contributed by atoms with Crippen LogP contribution in [0.4, 0.5) is 11.9 Å². The van der Waals surface area contributed by atoms with Gasteiger partial charge in [-0.05, 0) is 43.9 Å². The van der Waals surface area contributed by atoms with Crippen molar-refractivity contribution in [2.24, 2.45) is 0 Å². The van der Waals surface area contributed by atoms with Crippen molar-refractivity contribution in [3.63, 3.8) is 0 Å². The highest BCUT2D eigenvalue weighted by atomic mass is 15.4. The highest BCUT2D eigenvalue weighted by molar-refractivity contribution is 5.85. The van der Waals surface area contributed by atoms with Crippen LogP contribution in [0.3, 0.4) is 0 Å². The van der Waals surface area contributed by atoms with Crippen LogP contribution in [-0.2, 0) is 12.8 Å². The zero-order chi connectivity index (χ0) is 22.5. The third-order valence-electron chi connectivity index (χ3n) is 7.22. The summed E-state index contributed by atoms with van der Waals surface area (Å²) in [7, 11) is 2.17. The molecule has 1 atom stereocenters. The molecule has 0 unspecified atom stereocenters. The molecule has 3 aromatic heterocycles. The number of hydrogen-bond acceptors (Lipinski definition) is 6. The second-order valence-electron chi connectivity index (χ2n) is 9.84. The molecule has 33 heavy (non-hydrogen) atoms. The van der Waals surface area contributed by atoms with Crippen molar-refractivity contribution in [2.75, 3.05) is 43.4 Å². The lowest BCUT2D eigenvalue weighted by molar-refractivity contribution is 0.311. The lowest BCUT2D eigenvalue weighted by atomic mass is 9.91. The van der Waals surface area contributed by atoms with Crippen molar-refractivity contribution < 1.29 is 0 Å². The first-order chi connectivity index (χ1) is 16.1. The number of aromatic amines is 1. The number of para-hydroxylation sites is 1. The number of nitrogens with one attached hydrogen (secondary N) is 2. The normalized spacial score (nSPS) is 19.5. The number of benzene rings is 1. The summed E-state index contributed by atoms with van der Waals surface area (Å²) in [5.74, 6) is 1.97. The molecule has 0 amide bonds. The van der Waals surface area contributed by atoms with Gasteiger partial charge in [0, 0.05) is 54.4 Å². The topological polar surface area (TPSA) is 77.4 Å². The van der Waals surface area contributed by atoms with E-state index in [9.17, 15) is 0 Å². The molecule has 1 aliphatic heterocycles. The van der Waals surface area contributed by atoms with Crippen LogP contribution in [-0.4, -0.2) is 68.7 Å². The molecule has 8 nitrogen and oxygen atoms in total. The van der Waals surface area contributed by atoms with E-state index in [1.807, 2.05) is 10.7 Å². The molecular formula is C25H32N8. The number of hydrogen-bond donors (Lipinski definition) is 2. The number of rotatable bonds is 4. The average molecular weight is 445 g/mol. The summed E-state index contributed by atoms with van der Waals surface area (Å²) in [6.45, 7) is 8.33. The van der Waals surface area contributed by atoms with E-state index in [1.165, 1.54) is 27.7 Å². The molecule has 1 fully saturated rings. The number of H-pyrrole nitrogens is 1. The summed E-state index contributed by atoms with van der Waals surface area (Å²) in [6.07, 6.45) is 5.03. The Balaban J connectivity index is 1.35. The van der Waals surface area contributed by atoms with Gasteiger partial charge in [0.25, 0.3) is 0 Å². The molecule has 2 N–H and O–H groups in total. The van der Waals surface area contributed by atoms with Crippen LogP contribution in [0.1, 0.15) is 43.0 Å². The number of piperazine rings is 1. The van der Waals surface area contributed by atoms with Crippen LogP contribution in [0.25, 0.3) is 16.6 Å². The summed E-state index contributed by atoms with van der Waals surface area (Å²) < 4.78 is 1.90. The van der Waals surface area contributed by atoms with Crippen LogP contribution < -0.4 is 10.2 Å². The minimum absolute atomic E-state index is 0.307. The molecule has 0 radical (unpaired) electrons. The van der Waals surface area contributed by atoms with Gasteiger partial charge < -0.3 is 20.1 Å². The lowest BCUT2D eigenvalue weighted by Gasteiger charge is -2.32. The second-order valence-corrected chi connectivity index (χ2v) is 9.84. The Morgan fingerprint density at radius 2 is 1.91 bits per heavy atom. The van der Waals surface area contributed by atoms with Gasteiger partial charge in [-0.25, -0.2) is 0 Å². The molecule has 0 spiro atoms. The Morgan fingerprint density at radius 3 is 2.73 bits per heavy atom. The maximum absolute atomic E-state index is 5.00. The van der Waals surface area contributed by atoms with E-state index in [2.05, 4.69) is 70.4 Å². The first-order valence-electron chi connectivity index (χ1n) is 12.1. The largest absolute Gasteiger partial charge is 0.358 e. The molecule has 1 aliphatic carbocycles. The standard InChI is InChI=1S/C25H32N8/c1-16(2)20-15-26-33-23(20)29-24(32-12-10-31(3)11-13-32)30-25(33)27-17-8-9-22-19(14-17)18-6-4-5-7-21(18)28-22/h4-7,15-17,28H,8-14H2,1-3H3,(H,27,29,30)/t17-/m1/s1. The third kappa shape index (κ3) is 3.62. The van der Waals surface area contributed by atoms with E-state index in [-0.39, 0.29) is 0 Å². The Hall–Kier alpha value is -3.13. The van der Waals surface area contributed by atoms with E-state index in [4.69, 9.17) is 9.97 Å². The predicted octanol–water partition coefficient (Wildman–Crippen LogP) is 3.45. The number of aromatic nitrogens is 5.